The molecule has 0 aliphatic carbocycles. The highest BCUT2D eigenvalue weighted by Crippen LogP contribution is 2.24. The summed E-state index contributed by atoms with van der Waals surface area (Å²) in [5.41, 5.74) is 2.56. The molecule has 196 valence electrons. The second kappa shape index (κ2) is 10.6. The van der Waals surface area contributed by atoms with Gasteiger partial charge in [-0.25, -0.2) is 17.5 Å². The first-order valence-corrected chi connectivity index (χ1v) is 13.4. The molecule has 0 aliphatic heterocycles. The van der Waals surface area contributed by atoms with Crippen molar-refractivity contribution in [2.75, 3.05) is 4.72 Å². The molecule has 0 amide bonds. The van der Waals surface area contributed by atoms with Crippen LogP contribution < -0.4 is 10.3 Å². The molecule has 0 saturated heterocycles. The van der Waals surface area contributed by atoms with E-state index in [-0.39, 0.29) is 21.4 Å². The monoisotopic (exact) mass is 562 g/mol. The first-order chi connectivity index (χ1) is 18.7. The van der Waals surface area contributed by atoms with Crippen LogP contribution in [0.2, 0.25) is 5.15 Å². The number of nitrogens with zero attached hydrogens (tertiary/aromatic N) is 4. The van der Waals surface area contributed by atoms with E-state index in [0.29, 0.717) is 28.3 Å². The summed E-state index contributed by atoms with van der Waals surface area (Å²) in [5, 5.41) is 10.6. The van der Waals surface area contributed by atoms with E-state index < -0.39 is 15.8 Å². The zero-order valence-corrected chi connectivity index (χ0v) is 21.9. The number of anilines is 1. The lowest BCUT2D eigenvalue weighted by molar-refractivity contribution is 0.601. The number of aromatic nitrogens is 4. The van der Waals surface area contributed by atoms with Gasteiger partial charge in [0.2, 0.25) is 0 Å². The number of nitrogens with one attached hydrogen (secondary N) is 2. The number of halogens is 2. The van der Waals surface area contributed by atoms with Crippen molar-refractivity contribution < 1.29 is 12.8 Å². The molecule has 3 aromatic carbocycles. The molecule has 12 heteroatoms. The molecule has 39 heavy (non-hydrogen) atoms. The van der Waals surface area contributed by atoms with Gasteiger partial charge in [-0.1, -0.05) is 41.9 Å². The van der Waals surface area contributed by atoms with E-state index >= 15 is 0 Å². The fraction of sp³-hybridized carbons (Fsp3) is 0.0370. The molecule has 0 bridgehead atoms. The maximum atomic E-state index is 13.5. The largest absolute Gasteiger partial charge is 0.290 e. The number of aromatic amines is 1. The number of aliphatic imine (C=N–C) groups is 1. The highest BCUT2D eigenvalue weighted by atomic mass is 35.5. The molecule has 0 saturated carbocycles. The number of hydrogen-bond donors (Lipinski definition) is 2. The summed E-state index contributed by atoms with van der Waals surface area (Å²) in [4.78, 5) is 18.1. The van der Waals surface area contributed by atoms with Gasteiger partial charge in [-0.2, -0.15) is 0 Å². The number of benzene rings is 3. The topological polar surface area (TPSA) is 122 Å². The molecular formula is C27H20ClFN6O3S. The van der Waals surface area contributed by atoms with Crippen molar-refractivity contribution in [2.45, 2.75) is 11.8 Å². The summed E-state index contributed by atoms with van der Waals surface area (Å²) in [6.45, 7) is 1.69. The molecule has 0 atom stereocenters. The molecule has 2 heterocycles. The van der Waals surface area contributed by atoms with Crippen molar-refractivity contribution in [3.8, 4) is 16.9 Å². The summed E-state index contributed by atoms with van der Waals surface area (Å²) in [6.07, 6.45) is 0. The molecule has 0 radical (unpaired) electrons. The third-order valence-corrected chi connectivity index (χ3v) is 7.29. The van der Waals surface area contributed by atoms with Gasteiger partial charge in [0.1, 0.15) is 5.82 Å². The van der Waals surface area contributed by atoms with Gasteiger partial charge >= 0.3 is 0 Å². The van der Waals surface area contributed by atoms with Crippen molar-refractivity contribution >= 4 is 38.8 Å². The molecule has 0 aliphatic rings. The Morgan fingerprint density at radius 2 is 1.64 bits per heavy atom. The Balaban J connectivity index is 1.50. The van der Waals surface area contributed by atoms with Gasteiger partial charge in [0.15, 0.2) is 11.0 Å². The Kier molecular flexibility index (Phi) is 7.09. The summed E-state index contributed by atoms with van der Waals surface area (Å²) in [5.74, 6) is -0.392. The molecule has 0 spiro atoms. The maximum Gasteiger partial charge on any atom is 0.280 e. The van der Waals surface area contributed by atoms with E-state index in [0.717, 1.165) is 5.56 Å². The smallest absolute Gasteiger partial charge is 0.280 e. The van der Waals surface area contributed by atoms with Crippen LogP contribution in [-0.2, 0) is 10.0 Å². The van der Waals surface area contributed by atoms with Crippen molar-refractivity contribution in [1.29, 1.82) is 0 Å². The minimum atomic E-state index is -3.93. The van der Waals surface area contributed by atoms with E-state index in [2.05, 4.69) is 25.0 Å². The Bertz CT molecular complexity index is 1820. The first-order valence-electron chi connectivity index (χ1n) is 11.6. The van der Waals surface area contributed by atoms with Gasteiger partial charge < -0.3 is 0 Å². The number of H-pyrrole nitrogens is 1. The number of hydrogen-bond acceptors (Lipinski definition) is 6. The highest BCUT2D eigenvalue weighted by Gasteiger charge is 2.20. The van der Waals surface area contributed by atoms with Crippen molar-refractivity contribution in [2.24, 2.45) is 4.99 Å². The van der Waals surface area contributed by atoms with Crippen molar-refractivity contribution in [3.05, 3.63) is 118 Å². The third-order valence-electron chi connectivity index (χ3n) is 5.71. The molecule has 0 unspecified atom stereocenters. The lowest BCUT2D eigenvalue weighted by atomic mass is 10.1. The average Bonchev–Trinajstić information content (AvgIpc) is 3.28. The van der Waals surface area contributed by atoms with Crippen LogP contribution in [0.5, 0.6) is 0 Å². The van der Waals surface area contributed by atoms with Crippen molar-refractivity contribution in [1.82, 2.24) is 20.0 Å². The van der Waals surface area contributed by atoms with E-state index in [4.69, 9.17) is 11.6 Å². The SMILES string of the molecule is CC(=Nc1ccc(S(=O)(=O)Nc2ccc(Cl)nn2)cc1)c1c(-c2ccccc2)[nH]n(-c2ccc(F)cc2)c1=O. The molecule has 0 fully saturated rings. The van der Waals surface area contributed by atoms with Crippen LogP contribution in [0.1, 0.15) is 12.5 Å². The zero-order chi connectivity index (χ0) is 27.6. The highest BCUT2D eigenvalue weighted by molar-refractivity contribution is 7.92. The molecule has 2 aromatic heterocycles. The van der Waals surface area contributed by atoms with Gasteiger partial charge in [-0.05, 0) is 67.6 Å². The summed E-state index contributed by atoms with van der Waals surface area (Å²) < 4.78 is 42.6. The maximum absolute atomic E-state index is 13.5. The summed E-state index contributed by atoms with van der Waals surface area (Å²) in [6, 6.07) is 23.5. The van der Waals surface area contributed by atoms with Crippen LogP contribution in [0, 0.1) is 5.82 Å². The quantitative estimate of drug-likeness (QED) is 0.259. The fourth-order valence-corrected chi connectivity index (χ4v) is 4.97. The molecule has 5 aromatic rings. The molecule has 5 rings (SSSR count). The predicted molar refractivity (Wildman–Crippen MR) is 148 cm³/mol. The standard InChI is InChI=1S/C27H20ClFN6O3S/c1-17(30-20-9-13-22(14-10-20)39(37,38)34-24-16-15-23(28)31-32-24)25-26(18-5-3-2-4-6-18)33-35(27(25)36)21-11-7-19(29)8-12-21/h2-16,33H,1H3,(H,32,34). The Hall–Kier alpha value is -4.61. The zero-order valence-electron chi connectivity index (χ0n) is 20.3. The first kappa shape index (κ1) is 26.0. The van der Waals surface area contributed by atoms with Crippen LogP contribution in [0.4, 0.5) is 15.9 Å². The number of rotatable bonds is 7. The Morgan fingerprint density at radius 1 is 0.949 bits per heavy atom. The molecule has 2 N–H and O–H groups in total. The van der Waals surface area contributed by atoms with Crippen LogP contribution in [0.25, 0.3) is 16.9 Å². The second-order valence-corrected chi connectivity index (χ2v) is 10.5. The lowest BCUT2D eigenvalue weighted by Gasteiger charge is -2.07. The van der Waals surface area contributed by atoms with E-state index in [1.807, 2.05) is 30.3 Å². The van der Waals surface area contributed by atoms with Gasteiger partial charge in [-0.3, -0.25) is 19.6 Å². The van der Waals surface area contributed by atoms with E-state index in [1.165, 1.54) is 65.3 Å². The molecule has 9 nitrogen and oxygen atoms in total. The lowest BCUT2D eigenvalue weighted by Crippen LogP contribution is -2.19. The third kappa shape index (κ3) is 5.64. The van der Waals surface area contributed by atoms with Crippen LogP contribution >= 0.6 is 11.6 Å². The minimum absolute atomic E-state index is 0.0128. The van der Waals surface area contributed by atoms with Crippen LogP contribution in [0.15, 0.2) is 106 Å². The fourth-order valence-electron chi connectivity index (χ4n) is 3.87. The normalized spacial score (nSPS) is 11.9. The van der Waals surface area contributed by atoms with Gasteiger partial charge in [0.25, 0.3) is 15.6 Å². The number of sulfonamides is 1. The summed E-state index contributed by atoms with van der Waals surface area (Å²) >= 11 is 5.70. The Labute approximate surface area is 227 Å². The average molecular weight is 563 g/mol. The predicted octanol–water partition coefficient (Wildman–Crippen LogP) is 5.36. The summed E-state index contributed by atoms with van der Waals surface area (Å²) in [7, 11) is -3.93. The van der Waals surface area contributed by atoms with E-state index in [1.54, 1.807) is 6.92 Å². The second-order valence-electron chi connectivity index (χ2n) is 8.38. The van der Waals surface area contributed by atoms with E-state index in [9.17, 15) is 17.6 Å². The molecular weight excluding hydrogens is 543 g/mol. The van der Waals surface area contributed by atoms with Gasteiger partial charge in [-0.15, -0.1) is 10.2 Å². The van der Waals surface area contributed by atoms with Crippen LogP contribution in [-0.4, -0.2) is 34.1 Å². The van der Waals surface area contributed by atoms with Crippen LogP contribution in [0.3, 0.4) is 0 Å². The van der Waals surface area contributed by atoms with Crippen molar-refractivity contribution in [3.63, 3.8) is 0 Å². The van der Waals surface area contributed by atoms with Gasteiger partial charge in [0.05, 0.1) is 33.2 Å². The Morgan fingerprint density at radius 3 is 2.28 bits per heavy atom. The minimum Gasteiger partial charge on any atom is -0.290 e. The van der Waals surface area contributed by atoms with Gasteiger partial charge in [0, 0.05) is 5.56 Å².